The van der Waals surface area contributed by atoms with E-state index in [0.717, 1.165) is 45.0 Å². The number of rotatable bonds is 4. The zero-order chi connectivity index (χ0) is 37.7. The molecule has 2 atom stereocenters. The van der Waals surface area contributed by atoms with Crippen molar-refractivity contribution in [3.63, 3.8) is 0 Å². The van der Waals surface area contributed by atoms with E-state index >= 15 is 0 Å². The smallest absolute Gasteiger partial charge is 0.0702 e. The summed E-state index contributed by atoms with van der Waals surface area (Å²) in [6.07, 6.45) is 3.89. The van der Waals surface area contributed by atoms with E-state index in [4.69, 9.17) is 33.6 Å². The molecule has 0 fully saturated rings. The second-order valence-corrected chi connectivity index (χ2v) is 23.9. The summed E-state index contributed by atoms with van der Waals surface area (Å²) >= 11 is 14.6. The lowest BCUT2D eigenvalue weighted by molar-refractivity contribution is 1.26. The molecule has 0 amide bonds. The number of aromatic nitrogens is 2. The Labute approximate surface area is 329 Å². The molecular weight excluding hydrogens is 733 g/mol. The molecule has 7 heteroatoms. The van der Waals surface area contributed by atoms with E-state index in [1.807, 2.05) is 12.4 Å². The molecule has 0 radical (unpaired) electrons. The van der Waals surface area contributed by atoms with Gasteiger partial charge in [-0.3, -0.25) is 9.97 Å². The third kappa shape index (κ3) is 5.43. The molecule has 0 saturated heterocycles. The highest BCUT2D eigenvalue weighted by Gasteiger charge is 2.46. The molecule has 2 aromatic heterocycles. The van der Waals surface area contributed by atoms with E-state index in [1.165, 1.54) is 65.3 Å². The van der Waals surface area contributed by atoms with E-state index in [9.17, 15) is 0 Å². The van der Waals surface area contributed by atoms with Crippen LogP contribution in [0, 0.1) is 48.5 Å². The summed E-state index contributed by atoms with van der Waals surface area (Å²) in [7, 11) is 0. The molecule has 4 heterocycles. The van der Waals surface area contributed by atoms with Crippen molar-refractivity contribution >= 4 is 84.6 Å². The SMILES string of the molecule is Cc1ccc(-c2ccc3c(c2)P(=S)(c2cc(C)cc(C)c2)c2cc(C)cc4c2N3c2ccc(-c3ccc(C)cn3)cc2P4(=S)c2cc(C)cc(C)c2)nc1. The van der Waals surface area contributed by atoms with Gasteiger partial charge in [-0.2, -0.15) is 0 Å². The van der Waals surface area contributed by atoms with Crippen LogP contribution in [-0.4, -0.2) is 9.97 Å². The van der Waals surface area contributed by atoms with Gasteiger partial charge in [0.25, 0.3) is 0 Å². The Morgan fingerprint density at radius 2 is 0.796 bits per heavy atom. The van der Waals surface area contributed by atoms with Crippen LogP contribution in [0.5, 0.6) is 0 Å². The average Bonchev–Trinajstić information content (AvgIpc) is 3.14. The van der Waals surface area contributed by atoms with Crippen molar-refractivity contribution in [2.24, 2.45) is 0 Å². The molecule has 0 N–H and O–H groups in total. The maximum atomic E-state index is 7.28. The standard InChI is InChI=1S/C47H41N3P2S2/c1-28-8-12-39(48-26-28)35-10-14-41-43(24-35)51(53,37-18-30(3)16-31(4)19-37)45-22-34(7)23-46-47(45)50(41)42-15-11-36(40-13-9-29(2)27-49-40)25-44(42)52(46,54)38-20-32(5)17-33(6)21-38/h8-27H,1-7H3. The van der Waals surface area contributed by atoms with Crippen LogP contribution >= 0.6 is 12.1 Å². The molecular formula is C47H41N3P2S2. The van der Waals surface area contributed by atoms with Gasteiger partial charge in [-0.15, -0.1) is 0 Å². The molecule has 3 nitrogen and oxygen atoms in total. The first-order valence-electron chi connectivity index (χ1n) is 18.3. The quantitative estimate of drug-likeness (QED) is 0.166. The van der Waals surface area contributed by atoms with Gasteiger partial charge in [0.05, 0.1) is 28.5 Å². The Morgan fingerprint density at radius 3 is 1.17 bits per heavy atom. The van der Waals surface area contributed by atoms with E-state index in [2.05, 4.69) is 163 Å². The summed E-state index contributed by atoms with van der Waals surface area (Å²) in [6.45, 7) is 15.1. The monoisotopic (exact) mass is 773 g/mol. The van der Waals surface area contributed by atoms with Crippen LogP contribution < -0.4 is 36.7 Å². The molecule has 2 unspecified atom stereocenters. The summed E-state index contributed by atoms with van der Waals surface area (Å²) < 4.78 is 0. The van der Waals surface area contributed by atoms with Gasteiger partial charge >= 0.3 is 0 Å². The van der Waals surface area contributed by atoms with Gasteiger partial charge in [0.2, 0.25) is 0 Å². The summed E-state index contributed by atoms with van der Waals surface area (Å²) in [5.74, 6) is 0. The second-order valence-electron chi connectivity index (χ2n) is 15.2. The fraction of sp³-hybridized carbons (Fsp3) is 0.149. The van der Waals surface area contributed by atoms with E-state index < -0.39 is 12.1 Å². The minimum atomic E-state index is -2.64. The molecule has 266 valence electrons. The fourth-order valence-corrected chi connectivity index (χ4v) is 17.5. The zero-order valence-electron chi connectivity index (χ0n) is 31.6. The normalized spacial score (nSPS) is 18.2. The van der Waals surface area contributed by atoms with Gasteiger partial charge in [-0.05, 0) is 124 Å². The van der Waals surface area contributed by atoms with E-state index in [-0.39, 0.29) is 0 Å². The van der Waals surface area contributed by atoms with Crippen LogP contribution in [0.2, 0.25) is 0 Å². The number of hydrogen-bond acceptors (Lipinski definition) is 5. The van der Waals surface area contributed by atoms with Crippen molar-refractivity contribution in [3.05, 3.63) is 161 Å². The minimum absolute atomic E-state index is 0.945. The fourth-order valence-electron chi connectivity index (χ4n) is 8.43. The largest absolute Gasteiger partial charge is 0.308 e. The number of nitrogens with zero attached hydrogens (tertiary/aromatic N) is 3. The molecule has 0 aliphatic carbocycles. The van der Waals surface area contributed by atoms with Crippen LogP contribution in [0.15, 0.2) is 122 Å². The predicted octanol–water partition coefficient (Wildman–Crippen LogP) is 9.58. The van der Waals surface area contributed by atoms with Crippen LogP contribution in [0.4, 0.5) is 17.1 Å². The van der Waals surface area contributed by atoms with E-state index in [0.29, 0.717) is 0 Å². The number of anilines is 3. The molecule has 2 aliphatic heterocycles. The molecule has 0 spiro atoms. The lowest BCUT2D eigenvalue weighted by Crippen LogP contribution is -2.46. The Balaban J connectivity index is 1.42. The number of pyridine rings is 2. The summed E-state index contributed by atoms with van der Waals surface area (Å²) in [5, 5.41) is 7.22. The van der Waals surface area contributed by atoms with Crippen LogP contribution in [-0.2, 0) is 23.6 Å². The summed E-state index contributed by atoms with van der Waals surface area (Å²) in [4.78, 5) is 12.2. The molecule has 0 saturated carbocycles. The third-order valence-electron chi connectivity index (χ3n) is 10.8. The topological polar surface area (TPSA) is 29.0 Å². The van der Waals surface area contributed by atoms with Crippen molar-refractivity contribution in [2.75, 3.05) is 4.90 Å². The first-order valence-corrected chi connectivity index (χ1v) is 23.9. The third-order valence-corrected chi connectivity index (χ3v) is 20.5. The Bertz CT molecular complexity index is 2580. The van der Waals surface area contributed by atoms with Crippen LogP contribution in [0.25, 0.3) is 22.5 Å². The predicted molar refractivity (Wildman–Crippen MR) is 240 cm³/mol. The Hall–Kier alpha value is -4.50. The molecule has 0 bridgehead atoms. The minimum Gasteiger partial charge on any atom is -0.308 e. The lowest BCUT2D eigenvalue weighted by atomic mass is 10.1. The maximum absolute atomic E-state index is 7.28. The molecule has 2 aliphatic rings. The number of fused-ring (bicyclic) bond motifs is 4. The van der Waals surface area contributed by atoms with E-state index in [1.54, 1.807) is 0 Å². The van der Waals surface area contributed by atoms with Crippen molar-refractivity contribution in [1.82, 2.24) is 9.97 Å². The summed E-state index contributed by atoms with van der Waals surface area (Å²) in [6, 6.07) is 35.5. The number of aryl methyl sites for hydroxylation is 7. The van der Waals surface area contributed by atoms with Gasteiger partial charge in [0.1, 0.15) is 0 Å². The molecule has 54 heavy (non-hydrogen) atoms. The van der Waals surface area contributed by atoms with Crippen molar-refractivity contribution in [3.8, 4) is 22.5 Å². The Morgan fingerprint density at radius 1 is 0.407 bits per heavy atom. The maximum Gasteiger partial charge on any atom is 0.0702 e. The highest BCUT2D eigenvalue weighted by molar-refractivity contribution is 8.27. The van der Waals surface area contributed by atoms with Gasteiger partial charge < -0.3 is 4.90 Å². The number of benzene rings is 5. The van der Waals surface area contributed by atoms with Crippen LogP contribution in [0.3, 0.4) is 0 Å². The van der Waals surface area contributed by atoms with Gasteiger partial charge in [0, 0.05) is 56.8 Å². The zero-order valence-corrected chi connectivity index (χ0v) is 35.0. The highest BCUT2D eigenvalue weighted by Crippen LogP contribution is 2.61. The molecule has 7 aromatic rings. The first-order chi connectivity index (χ1) is 25.8. The summed E-state index contributed by atoms with van der Waals surface area (Å²) in [5.41, 5.74) is 15.8. The second kappa shape index (κ2) is 12.8. The van der Waals surface area contributed by atoms with Crippen molar-refractivity contribution in [1.29, 1.82) is 0 Å². The number of hydrogen-bond donors (Lipinski definition) is 0. The van der Waals surface area contributed by atoms with Crippen LogP contribution in [0.1, 0.15) is 38.9 Å². The Kier molecular flexibility index (Phi) is 8.34. The lowest BCUT2D eigenvalue weighted by Gasteiger charge is -2.47. The molecule has 5 aromatic carbocycles. The van der Waals surface area contributed by atoms with Gasteiger partial charge in [-0.1, -0.05) is 107 Å². The van der Waals surface area contributed by atoms with Crippen molar-refractivity contribution in [2.45, 2.75) is 48.5 Å². The van der Waals surface area contributed by atoms with Gasteiger partial charge in [-0.25, -0.2) is 0 Å². The molecule has 9 rings (SSSR count). The first kappa shape index (κ1) is 35.2. The van der Waals surface area contributed by atoms with Crippen molar-refractivity contribution < 1.29 is 0 Å². The van der Waals surface area contributed by atoms with Gasteiger partial charge in [0.15, 0.2) is 0 Å². The highest BCUT2D eigenvalue weighted by atomic mass is 32.4. The average molecular weight is 774 g/mol.